The molecule has 0 amide bonds. The van der Waals surface area contributed by atoms with Crippen molar-refractivity contribution in [2.24, 2.45) is 0 Å². The monoisotopic (exact) mass is 422 g/mol. The molecule has 0 aromatic heterocycles. The van der Waals surface area contributed by atoms with Gasteiger partial charge in [-0.15, -0.1) is 0 Å². The predicted octanol–water partition coefficient (Wildman–Crippen LogP) is 5.39. The average Bonchev–Trinajstić information content (AvgIpc) is 2.71. The molecule has 1 unspecified atom stereocenters. The Morgan fingerprint density at radius 3 is 2.47 bits per heavy atom. The van der Waals surface area contributed by atoms with Crippen LogP contribution < -0.4 is 10.1 Å². The smallest absolute Gasteiger partial charge is 0.173 e. The summed E-state index contributed by atoms with van der Waals surface area (Å²) in [6.07, 6.45) is 0.960. The summed E-state index contributed by atoms with van der Waals surface area (Å²) in [6, 6.07) is 14.1. The molecule has 4 nitrogen and oxygen atoms in total. The van der Waals surface area contributed by atoms with E-state index >= 15 is 0 Å². The van der Waals surface area contributed by atoms with Gasteiger partial charge in [-0.3, -0.25) is 4.79 Å². The summed E-state index contributed by atoms with van der Waals surface area (Å²) in [5.74, 6) is 0.861. The van der Waals surface area contributed by atoms with Gasteiger partial charge in [-0.2, -0.15) is 0 Å². The van der Waals surface area contributed by atoms with E-state index in [-0.39, 0.29) is 11.8 Å². The fourth-order valence-electron chi connectivity index (χ4n) is 3.85. The van der Waals surface area contributed by atoms with E-state index in [1.807, 2.05) is 36.1 Å². The van der Waals surface area contributed by atoms with Gasteiger partial charge in [-0.25, -0.2) is 0 Å². The van der Waals surface area contributed by atoms with Crippen molar-refractivity contribution in [3.63, 3.8) is 0 Å². The summed E-state index contributed by atoms with van der Waals surface area (Å²) < 4.78 is 6.00. The first-order chi connectivity index (χ1) is 14.3. The van der Waals surface area contributed by atoms with E-state index in [0.29, 0.717) is 11.7 Å². The van der Waals surface area contributed by atoms with Gasteiger partial charge in [0.25, 0.3) is 0 Å². The fraction of sp³-hybridized carbons (Fsp3) is 0.360. The van der Waals surface area contributed by atoms with Gasteiger partial charge in [0.1, 0.15) is 12.4 Å². The van der Waals surface area contributed by atoms with Crippen LogP contribution in [0, 0.1) is 13.8 Å². The lowest BCUT2D eigenvalue weighted by atomic mass is 9.92. The number of carbonyl (C=O) groups is 1. The summed E-state index contributed by atoms with van der Waals surface area (Å²) in [7, 11) is 0. The lowest BCUT2D eigenvalue weighted by Gasteiger charge is -2.37. The maximum Gasteiger partial charge on any atom is 0.173 e. The minimum absolute atomic E-state index is 0.0591. The Morgan fingerprint density at radius 1 is 1.13 bits per heavy atom. The average molecular weight is 423 g/mol. The third kappa shape index (κ3) is 4.73. The molecule has 30 heavy (non-hydrogen) atoms. The highest BCUT2D eigenvalue weighted by atomic mass is 32.1. The van der Waals surface area contributed by atoms with Crippen LogP contribution in [-0.4, -0.2) is 22.3 Å². The molecule has 158 valence electrons. The molecule has 1 aliphatic heterocycles. The second-order valence-electron chi connectivity index (χ2n) is 7.88. The number of nitrogens with one attached hydrogen (secondary N) is 1. The summed E-state index contributed by atoms with van der Waals surface area (Å²) in [5.41, 5.74) is 6.34. The van der Waals surface area contributed by atoms with Crippen molar-refractivity contribution in [1.82, 2.24) is 10.2 Å². The number of allylic oxidation sites excluding steroid dienone is 1. The summed E-state index contributed by atoms with van der Waals surface area (Å²) in [6.45, 7) is 11.2. The largest absolute Gasteiger partial charge is 0.489 e. The molecule has 1 N–H and O–H groups in total. The van der Waals surface area contributed by atoms with Crippen LogP contribution in [0.2, 0.25) is 0 Å². The van der Waals surface area contributed by atoms with E-state index in [4.69, 9.17) is 17.0 Å². The SMILES string of the molecule is CCCN1C(=S)NC(c2ccc(OCc3cc(C)ccc3C)cc2)C(C(C)=O)=C1C. The first kappa shape index (κ1) is 22.0. The number of nitrogens with zero attached hydrogens (tertiary/aromatic N) is 1. The first-order valence-corrected chi connectivity index (χ1v) is 10.8. The molecule has 0 aliphatic carbocycles. The van der Waals surface area contributed by atoms with E-state index in [1.165, 1.54) is 16.7 Å². The zero-order valence-corrected chi connectivity index (χ0v) is 19.2. The molecule has 0 fully saturated rings. The second kappa shape index (κ2) is 9.43. The molecule has 0 saturated heterocycles. The third-order valence-electron chi connectivity index (χ3n) is 5.54. The minimum atomic E-state index is -0.240. The van der Waals surface area contributed by atoms with Crippen LogP contribution in [0.1, 0.15) is 55.5 Å². The Bertz CT molecular complexity index is 979. The molecule has 1 atom stereocenters. The zero-order chi connectivity index (χ0) is 21.8. The van der Waals surface area contributed by atoms with Gasteiger partial charge >= 0.3 is 0 Å². The van der Waals surface area contributed by atoms with Gasteiger partial charge < -0.3 is 15.0 Å². The lowest BCUT2D eigenvalue weighted by molar-refractivity contribution is -0.114. The van der Waals surface area contributed by atoms with Crippen LogP contribution in [0.4, 0.5) is 0 Å². The molecule has 1 heterocycles. The van der Waals surface area contributed by atoms with E-state index in [0.717, 1.165) is 35.5 Å². The third-order valence-corrected chi connectivity index (χ3v) is 5.87. The molecular formula is C25H30N2O2S. The standard InChI is InChI=1S/C25H30N2O2S/c1-6-13-27-18(4)23(19(5)28)24(26-25(27)30)20-9-11-22(12-10-20)29-15-21-14-16(2)7-8-17(21)3/h7-12,14,24H,6,13,15H2,1-5H3,(H,26,30). The van der Waals surface area contributed by atoms with Crippen molar-refractivity contribution in [1.29, 1.82) is 0 Å². The second-order valence-corrected chi connectivity index (χ2v) is 8.26. The van der Waals surface area contributed by atoms with E-state index in [2.05, 4.69) is 44.3 Å². The number of thiocarbonyl (C=S) groups is 1. The highest BCUT2D eigenvalue weighted by molar-refractivity contribution is 7.80. The number of rotatable bonds is 7. The number of hydrogen-bond donors (Lipinski definition) is 1. The highest BCUT2D eigenvalue weighted by Gasteiger charge is 2.31. The molecule has 2 aromatic rings. The van der Waals surface area contributed by atoms with Crippen molar-refractivity contribution in [2.45, 2.75) is 53.7 Å². The highest BCUT2D eigenvalue weighted by Crippen LogP contribution is 2.32. The van der Waals surface area contributed by atoms with Gasteiger partial charge in [0.15, 0.2) is 10.9 Å². The Morgan fingerprint density at radius 2 is 1.83 bits per heavy atom. The van der Waals surface area contributed by atoms with E-state index < -0.39 is 0 Å². The Hall–Kier alpha value is -2.66. The van der Waals surface area contributed by atoms with Crippen molar-refractivity contribution in [3.8, 4) is 5.75 Å². The Labute approximate surface area is 184 Å². The van der Waals surface area contributed by atoms with E-state index in [9.17, 15) is 4.79 Å². The molecule has 5 heteroatoms. The topological polar surface area (TPSA) is 41.6 Å². The quantitative estimate of drug-likeness (QED) is 0.606. The molecular weight excluding hydrogens is 392 g/mol. The molecule has 3 rings (SSSR count). The Balaban J connectivity index is 1.80. The van der Waals surface area contributed by atoms with E-state index in [1.54, 1.807) is 6.92 Å². The number of ether oxygens (including phenoxy) is 1. The van der Waals surface area contributed by atoms with Crippen molar-refractivity contribution in [2.75, 3.05) is 6.54 Å². The van der Waals surface area contributed by atoms with Crippen molar-refractivity contribution in [3.05, 3.63) is 76.0 Å². The number of carbonyl (C=O) groups excluding carboxylic acids is 1. The van der Waals surface area contributed by atoms with Crippen LogP contribution >= 0.6 is 12.2 Å². The van der Waals surface area contributed by atoms with Crippen LogP contribution in [-0.2, 0) is 11.4 Å². The maximum atomic E-state index is 12.4. The summed E-state index contributed by atoms with van der Waals surface area (Å²) in [5, 5.41) is 4.02. The van der Waals surface area contributed by atoms with Crippen molar-refractivity contribution >= 4 is 23.1 Å². The zero-order valence-electron chi connectivity index (χ0n) is 18.4. The molecule has 2 aromatic carbocycles. The van der Waals surface area contributed by atoms with Crippen molar-refractivity contribution < 1.29 is 9.53 Å². The van der Waals surface area contributed by atoms with Crippen LogP contribution in [0.15, 0.2) is 53.7 Å². The van der Waals surface area contributed by atoms with Gasteiger partial charge in [0.05, 0.1) is 6.04 Å². The summed E-state index contributed by atoms with van der Waals surface area (Å²) >= 11 is 5.58. The predicted molar refractivity (Wildman–Crippen MR) is 126 cm³/mol. The number of Topliss-reactive ketones (excluding diaryl/α,β-unsaturated/α-hetero) is 1. The maximum absolute atomic E-state index is 12.4. The van der Waals surface area contributed by atoms with Gasteiger partial charge in [0.2, 0.25) is 0 Å². The molecule has 0 bridgehead atoms. The number of aryl methyl sites for hydroxylation is 2. The van der Waals surface area contributed by atoms with Crippen LogP contribution in [0.5, 0.6) is 5.75 Å². The molecule has 1 aliphatic rings. The fourth-order valence-corrected chi connectivity index (χ4v) is 4.20. The molecule has 0 saturated carbocycles. The van der Waals surface area contributed by atoms with Gasteiger partial charge in [-0.1, -0.05) is 42.8 Å². The number of ketones is 1. The number of benzene rings is 2. The lowest BCUT2D eigenvalue weighted by Crippen LogP contribution is -2.47. The first-order valence-electron chi connectivity index (χ1n) is 10.4. The van der Waals surface area contributed by atoms with Crippen LogP contribution in [0.25, 0.3) is 0 Å². The number of hydrogen-bond acceptors (Lipinski definition) is 3. The van der Waals surface area contributed by atoms with Gasteiger partial charge in [-0.05, 0) is 75.2 Å². The summed E-state index contributed by atoms with van der Waals surface area (Å²) in [4.78, 5) is 14.5. The van der Waals surface area contributed by atoms with Crippen LogP contribution in [0.3, 0.4) is 0 Å². The normalized spacial score (nSPS) is 16.5. The van der Waals surface area contributed by atoms with Gasteiger partial charge in [0, 0.05) is 17.8 Å². The minimum Gasteiger partial charge on any atom is -0.489 e. The molecule has 0 radical (unpaired) electrons. The Kier molecular flexibility index (Phi) is 6.93. The molecule has 0 spiro atoms.